The van der Waals surface area contributed by atoms with Crippen LogP contribution in [-0.2, 0) is 14.2 Å². The van der Waals surface area contributed by atoms with Crippen molar-refractivity contribution in [2.24, 2.45) is 5.73 Å². The van der Waals surface area contributed by atoms with Crippen LogP contribution in [0.15, 0.2) is 0 Å². The van der Waals surface area contributed by atoms with E-state index < -0.39 is 6.23 Å². The second-order valence-corrected chi connectivity index (χ2v) is 6.61. The number of aliphatic hydroxyl groups excluding tert-OH is 1. The molecule has 0 heterocycles. The standard InChI is InChI=1S/C15H33NO4/c1-12(11-18-6)20-15(4,5)9-10-19-14(2,3)8-7-13(16)17/h12-13,17H,7-11,16H2,1-6H3. The Hall–Kier alpha value is -0.200. The molecule has 0 bridgehead atoms. The predicted molar refractivity (Wildman–Crippen MR) is 80.6 cm³/mol. The molecule has 0 saturated carbocycles. The van der Waals surface area contributed by atoms with Gasteiger partial charge >= 0.3 is 0 Å². The van der Waals surface area contributed by atoms with Crippen LogP contribution in [-0.4, -0.2) is 49.0 Å². The lowest BCUT2D eigenvalue weighted by molar-refractivity contribution is -0.113. The van der Waals surface area contributed by atoms with Crippen molar-refractivity contribution in [1.82, 2.24) is 0 Å². The van der Waals surface area contributed by atoms with E-state index in [0.29, 0.717) is 19.6 Å². The highest BCUT2D eigenvalue weighted by molar-refractivity contribution is 4.74. The summed E-state index contributed by atoms with van der Waals surface area (Å²) in [5.41, 5.74) is 4.82. The van der Waals surface area contributed by atoms with Gasteiger partial charge in [0.25, 0.3) is 0 Å². The van der Waals surface area contributed by atoms with Gasteiger partial charge in [0.15, 0.2) is 0 Å². The first-order chi connectivity index (χ1) is 9.08. The van der Waals surface area contributed by atoms with E-state index in [9.17, 15) is 0 Å². The normalized spacial score (nSPS) is 16.2. The molecule has 0 aromatic rings. The summed E-state index contributed by atoms with van der Waals surface area (Å²) in [5, 5.41) is 9.11. The molecule has 122 valence electrons. The third-order valence-corrected chi connectivity index (χ3v) is 3.16. The molecule has 3 N–H and O–H groups in total. The Bertz CT molecular complexity index is 254. The molecule has 5 heteroatoms. The topological polar surface area (TPSA) is 73.9 Å². The number of hydrogen-bond donors (Lipinski definition) is 2. The summed E-state index contributed by atoms with van der Waals surface area (Å²) in [5.74, 6) is 0. The molecule has 20 heavy (non-hydrogen) atoms. The minimum absolute atomic E-state index is 0.0652. The number of nitrogens with two attached hydrogens (primary N) is 1. The fourth-order valence-electron chi connectivity index (χ4n) is 2.01. The van der Waals surface area contributed by atoms with Crippen molar-refractivity contribution >= 4 is 0 Å². The Kier molecular flexibility index (Phi) is 8.86. The van der Waals surface area contributed by atoms with Crippen LogP contribution in [0, 0.1) is 0 Å². The zero-order valence-electron chi connectivity index (χ0n) is 13.9. The predicted octanol–water partition coefficient (Wildman–Crippen LogP) is 2.06. The van der Waals surface area contributed by atoms with E-state index in [1.807, 2.05) is 20.8 Å². The van der Waals surface area contributed by atoms with Crippen LogP contribution >= 0.6 is 0 Å². The second kappa shape index (κ2) is 8.95. The third kappa shape index (κ3) is 10.6. The third-order valence-electron chi connectivity index (χ3n) is 3.16. The lowest BCUT2D eigenvalue weighted by Crippen LogP contribution is -2.35. The molecule has 0 amide bonds. The van der Waals surface area contributed by atoms with E-state index in [-0.39, 0.29) is 17.3 Å². The van der Waals surface area contributed by atoms with E-state index in [2.05, 4.69) is 13.8 Å². The first kappa shape index (κ1) is 19.8. The fraction of sp³-hybridized carbons (Fsp3) is 1.00. The summed E-state index contributed by atoms with van der Waals surface area (Å²) in [6.07, 6.45) is 1.36. The number of rotatable bonds is 11. The highest BCUT2D eigenvalue weighted by atomic mass is 16.5. The SMILES string of the molecule is COCC(C)OC(C)(C)CCOC(C)(C)CCC(N)O. The van der Waals surface area contributed by atoms with Gasteiger partial charge in [0, 0.05) is 7.11 Å². The minimum atomic E-state index is -0.771. The zero-order chi connectivity index (χ0) is 15.8. The van der Waals surface area contributed by atoms with E-state index in [0.717, 1.165) is 12.8 Å². The quantitative estimate of drug-likeness (QED) is 0.570. The van der Waals surface area contributed by atoms with Crippen molar-refractivity contribution in [3.05, 3.63) is 0 Å². The molecule has 0 spiro atoms. The number of aliphatic hydroxyl groups is 1. The van der Waals surface area contributed by atoms with E-state index in [4.69, 9.17) is 25.1 Å². The molecule has 0 fully saturated rings. The molecular weight excluding hydrogens is 258 g/mol. The van der Waals surface area contributed by atoms with Gasteiger partial charge in [-0.2, -0.15) is 0 Å². The molecule has 0 aliphatic rings. The van der Waals surface area contributed by atoms with Crippen LogP contribution in [0.25, 0.3) is 0 Å². The van der Waals surface area contributed by atoms with Crippen LogP contribution in [0.1, 0.15) is 53.9 Å². The molecule has 0 rings (SSSR count). The first-order valence-electron chi connectivity index (χ1n) is 7.32. The van der Waals surface area contributed by atoms with Crippen LogP contribution in [0.3, 0.4) is 0 Å². The molecule has 0 aliphatic heterocycles. The molecule has 0 aliphatic carbocycles. The maximum atomic E-state index is 9.11. The summed E-state index contributed by atoms with van der Waals surface area (Å²) in [4.78, 5) is 0. The summed E-state index contributed by atoms with van der Waals surface area (Å²) < 4.78 is 16.9. The van der Waals surface area contributed by atoms with Gasteiger partial charge in [0.1, 0.15) is 6.23 Å². The maximum Gasteiger partial charge on any atom is 0.102 e. The molecular formula is C15H33NO4. The first-order valence-corrected chi connectivity index (χ1v) is 7.32. The highest BCUT2D eigenvalue weighted by Gasteiger charge is 2.24. The van der Waals surface area contributed by atoms with E-state index in [1.165, 1.54) is 0 Å². The van der Waals surface area contributed by atoms with Gasteiger partial charge in [-0.05, 0) is 53.9 Å². The monoisotopic (exact) mass is 291 g/mol. The summed E-state index contributed by atoms with van der Waals surface area (Å²) in [7, 11) is 1.67. The summed E-state index contributed by atoms with van der Waals surface area (Å²) >= 11 is 0. The van der Waals surface area contributed by atoms with Gasteiger partial charge in [-0.25, -0.2) is 0 Å². The molecule has 0 aromatic heterocycles. The highest BCUT2D eigenvalue weighted by Crippen LogP contribution is 2.22. The van der Waals surface area contributed by atoms with Crippen molar-refractivity contribution in [2.75, 3.05) is 20.3 Å². The molecule has 0 aromatic carbocycles. The van der Waals surface area contributed by atoms with Crippen molar-refractivity contribution in [3.63, 3.8) is 0 Å². The van der Waals surface area contributed by atoms with Crippen LogP contribution in [0.4, 0.5) is 0 Å². The van der Waals surface area contributed by atoms with Gasteiger partial charge < -0.3 is 25.1 Å². The number of methoxy groups -OCH3 is 1. The Balaban J connectivity index is 4.01. The Morgan fingerprint density at radius 3 is 2.20 bits per heavy atom. The average Bonchev–Trinajstić information content (AvgIpc) is 2.25. The van der Waals surface area contributed by atoms with Gasteiger partial charge in [0.2, 0.25) is 0 Å². The summed E-state index contributed by atoms with van der Waals surface area (Å²) in [6.45, 7) is 11.3. The molecule has 0 radical (unpaired) electrons. The smallest absolute Gasteiger partial charge is 0.102 e. The van der Waals surface area contributed by atoms with E-state index in [1.54, 1.807) is 7.11 Å². The Morgan fingerprint density at radius 1 is 1.10 bits per heavy atom. The van der Waals surface area contributed by atoms with Crippen LogP contribution in [0.5, 0.6) is 0 Å². The maximum absolute atomic E-state index is 9.11. The molecule has 2 unspecified atom stereocenters. The number of ether oxygens (including phenoxy) is 3. The van der Waals surface area contributed by atoms with Crippen molar-refractivity contribution in [1.29, 1.82) is 0 Å². The van der Waals surface area contributed by atoms with Crippen molar-refractivity contribution < 1.29 is 19.3 Å². The lowest BCUT2D eigenvalue weighted by Gasteiger charge is -2.31. The Morgan fingerprint density at radius 2 is 1.70 bits per heavy atom. The Labute approximate surface area is 123 Å². The van der Waals surface area contributed by atoms with Gasteiger partial charge in [-0.15, -0.1) is 0 Å². The van der Waals surface area contributed by atoms with Crippen LogP contribution < -0.4 is 5.73 Å². The van der Waals surface area contributed by atoms with Crippen molar-refractivity contribution in [2.45, 2.75) is 77.4 Å². The minimum Gasteiger partial charge on any atom is -0.382 e. The van der Waals surface area contributed by atoms with Gasteiger partial charge in [-0.1, -0.05) is 0 Å². The second-order valence-electron chi connectivity index (χ2n) is 6.61. The summed E-state index contributed by atoms with van der Waals surface area (Å²) in [6, 6.07) is 0. The molecule has 0 saturated heterocycles. The zero-order valence-corrected chi connectivity index (χ0v) is 13.9. The largest absolute Gasteiger partial charge is 0.382 e. The lowest BCUT2D eigenvalue weighted by atomic mass is 10.0. The average molecular weight is 291 g/mol. The number of hydrogen-bond acceptors (Lipinski definition) is 5. The van der Waals surface area contributed by atoms with E-state index >= 15 is 0 Å². The van der Waals surface area contributed by atoms with Crippen LogP contribution in [0.2, 0.25) is 0 Å². The van der Waals surface area contributed by atoms with Crippen molar-refractivity contribution in [3.8, 4) is 0 Å². The van der Waals surface area contributed by atoms with Gasteiger partial charge in [-0.3, -0.25) is 0 Å². The fourth-order valence-corrected chi connectivity index (χ4v) is 2.01. The molecule has 5 nitrogen and oxygen atoms in total. The van der Waals surface area contributed by atoms with Gasteiger partial charge in [0.05, 0.1) is 30.5 Å². The molecule has 2 atom stereocenters.